The number of hydrogen-bond donors (Lipinski definition) is 1. The Morgan fingerprint density at radius 3 is 2.42 bits per heavy atom. The Labute approximate surface area is 185 Å². The van der Waals surface area contributed by atoms with E-state index < -0.39 is 22.8 Å². The van der Waals surface area contributed by atoms with Crippen LogP contribution in [0.4, 0.5) is 18.9 Å². The fourth-order valence-electron chi connectivity index (χ4n) is 3.53. The molecule has 31 heavy (non-hydrogen) atoms. The predicted molar refractivity (Wildman–Crippen MR) is 116 cm³/mol. The molecule has 0 saturated carbocycles. The van der Waals surface area contributed by atoms with Crippen molar-refractivity contribution in [3.63, 3.8) is 0 Å². The molecule has 2 aromatic rings. The van der Waals surface area contributed by atoms with Crippen molar-refractivity contribution in [3.8, 4) is 6.07 Å². The first-order valence-electron chi connectivity index (χ1n) is 9.88. The molecule has 1 N–H and O–H groups in total. The van der Waals surface area contributed by atoms with Crippen molar-refractivity contribution in [2.45, 2.75) is 44.3 Å². The van der Waals surface area contributed by atoms with Crippen molar-refractivity contribution in [2.24, 2.45) is 0 Å². The molecule has 0 aliphatic carbocycles. The van der Waals surface area contributed by atoms with Crippen LogP contribution in [-0.2, 0) is 17.4 Å². The average Bonchev–Trinajstić information content (AvgIpc) is 2.72. The van der Waals surface area contributed by atoms with Crippen LogP contribution in [0.15, 0.2) is 42.5 Å². The van der Waals surface area contributed by atoms with Crippen LogP contribution in [0.25, 0.3) is 0 Å². The van der Waals surface area contributed by atoms with Crippen molar-refractivity contribution in [3.05, 3.63) is 64.2 Å². The summed E-state index contributed by atoms with van der Waals surface area (Å²) in [5.41, 5.74) is -1.89. The highest BCUT2D eigenvalue weighted by Crippen LogP contribution is 2.36. The zero-order valence-corrected chi connectivity index (χ0v) is 18.4. The Hall–Kier alpha value is -2.72. The van der Waals surface area contributed by atoms with Crippen molar-refractivity contribution in [2.75, 3.05) is 19.4 Å². The summed E-state index contributed by atoms with van der Waals surface area (Å²) in [6.45, 7) is 1.98. The number of likely N-dealkylation sites (N-methyl/N-ethyl adjacent to an activating group) is 1. The van der Waals surface area contributed by atoms with E-state index in [2.05, 4.69) is 5.32 Å². The molecule has 0 spiro atoms. The van der Waals surface area contributed by atoms with E-state index >= 15 is 0 Å². The number of benzene rings is 2. The molecule has 2 rings (SSSR count). The Bertz CT molecular complexity index is 969. The second-order valence-electron chi connectivity index (χ2n) is 7.65. The van der Waals surface area contributed by atoms with Gasteiger partial charge >= 0.3 is 6.18 Å². The van der Waals surface area contributed by atoms with Gasteiger partial charge in [0, 0.05) is 31.2 Å². The molecule has 0 radical (unpaired) electrons. The predicted octanol–water partition coefficient (Wildman–Crippen LogP) is 5.90. The SMILES string of the molecule is CCCC[C@@](Cc1ccccc1Cl)(Nc1ccc(C#N)c(C(F)(F)F)c1)C(=O)N(C)C. The summed E-state index contributed by atoms with van der Waals surface area (Å²) in [6.07, 6.45) is -2.62. The molecule has 0 fully saturated rings. The third kappa shape index (κ3) is 5.92. The third-order valence-corrected chi connectivity index (χ3v) is 5.42. The van der Waals surface area contributed by atoms with Gasteiger partial charge in [-0.3, -0.25) is 4.79 Å². The molecule has 4 nitrogen and oxygen atoms in total. The summed E-state index contributed by atoms with van der Waals surface area (Å²) in [5, 5.41) is 12.6. The standard InChI is InChI=1S/C23H25ClF3N3O/c1-4-5-12-22(21(31)30(2)3,14-16-8-6-7-9-20(16)24)29-18-11-10-17(15-28)19(13-18)23(25,26)27/h6-11,13,29H,4-5,12,14H2,1-3H3/t22-/m0/s1. The number of unbranched alkanes of at least 4 members (excludes halogenated alkanes) is 1. The molecule has 0 unspecified atom stereocenters. The van der Waals surface area contributed by atoms with Gasteiger partial charge in [0.25, 0.3) is 0 Å². The van der Waals surface area contributed by atoms with Crippen molar-refractivity contribution >= 4 is 23.2 Å². The molecule has 1 amide bonds. The lowest BCUT2D eigenvalue weighted by molar-refractivity contribution is -0.137. The van der Waals surface area contributed by atoms with E-state index in [0.29, 0.717) is 23.4 Å². The first kappa shape index (κ1) is 24.5. The molecule has 0 aromatic heterocycles. The number of alkyl halides is 3. The average molecular weight is 452 g/mol. The van der Waals surface area contributed by atoms with E-state index in [9.17, 15) is 18.0 Å². The highest BCUT2D eigenvalue weighted by Gasteiger charge is 2.40. The summed E-state index contributed by atoms with van der Waals surface area (Å²) in [7, 11) is 3.22. The minimum Gasteiger partial charge on any atom is -0.371 e. The van der Waals surface area contributed by atoms with Gasteiger partial charge in [0.2, 0.25) is 5.91 Å². The number of amides is 1. The van der Waals surface area contributed by atoms with E-state index in [1.165, 1.54) is 11.0 Å². The lowest BCUT2D eigenvalue weighted by atomic mass is 9.83. The van der Waals surface area contributed by atoms with Gasteiger partial charge in [0.15, 0.2) is 0 Å². The lowest BCUT2D eigenvalue weighted by Gasteiger charge is -2.37. The molecule has 8 heteroatoms. The molecule has 0 saturated heterocycles. The Balaban J connectivity index is 2.60. The van der Waals surface area contributed by atoms with Crippen LogP contribution in [0.1, 0.15) is 42.9 Å². The van der Waals surface area contributed by atoms with Crippen LogP contribution in [0, 0.1) is 11.3 Å². The van der Waals surface area contributed by atoms with E-state index in [1.807, 2.05) is 6.92 Å². The first-order valence-corrected chi connectivity index (χ1v) is 10.3. The largest absolute Gasteiger partial charge is 0.417 e. The maximum absolute atomic E-state index is 13.5. The Kier molecular flexibility index (Phi) is 7.96. The van der Waals surface area contributed by atoms with Crippen LogP contribution in [0.3, 0.4) is 0 Å². The van der Waals surface area contributed by atoms with Crippen molar-refractivity contribution in [1.82, 2.24) is 4.90 Å². The third-order valence-electron chi connectivity index (χ3n) is 5.05. The molecular formula is C23H25ClF3N3O. The van der Waals surface area contributed by atoms with Gasteiger partial charge in [-0.05, 0) is 36.2 Å². The molecule has 166 valence electrons. The zero-order valence-electron chi connectivity index (χ0n) is 17.7. The van der Waals surface area contributed by atoms with Crippen molar-refractivity contribution < 1.29 is 18.0 Å². The van der Waals surface area contributed by atoms with Gasteiger partial charge in [-0.1, -0.05) is 49.6 Å². The number of nitrogens with zero attached hydrogens (tertiary/aromatic N) is 2. The topological polar surface area (TPSA) is 56.1 Å². The normalized spacial score (nSPS) is 13.2. The van der Waals surface area contributed by atoms with Crippen LogP contribution >= 0.6 is 11.6 Å². The van der Waals surface area contributed by atoms with Gasteiger partial charge in [0.05, 0.1) is 17.2 Å². The number of halogens is 4. The molecule has 1 atom stereocenters. The number of rotatable bonds is 8. The molecule has 2 aromatic carbocycles. The van der Waals surface area contributed by atoms with Gasteiger partial charge in [-0.2, -0.15) is 18.4 Å². The molecule has 0 aliphatic heterocycles. The Morgan fingerprint density at radius 1 is 1.19 bits per heavy atom. The van der Waals surface area contributed by atoms with Crippen LogP contribution < -0.4 is 5.32 Å². The molecule has 0 aliphatic rings. The van der Waals surface area contributed by atoms with E-state index in [0.717, 1.165) is 18.6 Å². The van der Waals surface area contributed by atoms with Gasteiger partial charge < -0.3 is 10.2 Å². The fraction of sp³-hybridized carbons (Fsp3) is 0.391. The smallest absolute Gasteiger partial charge is 0.371 e. The number of nitriles is 1. The lowest BCUT2D eigenvalue weighted by Crippen LogP contribution is -2.53. The number of carbonyl (C=O) groups is 1. The number of anilines is 1. The number of carbonyl (C=O) groups excluding carboxylic acids is 1. The monoisotopic (exact) mass is 451 g/mol. The Morgan fingerprint density at radius 2 is 1.87 bits per heavy atom. The van der Waals surface area contributed by atoms with E-state index in [4.69, 9.17) is 16.9 Å². The van der Waals surface area contributed by atoms with Gasteiger partial charge in [-0.15, -0.1) is 0 Å². The van der Waals surface area contributed by atoms with Crippen LogP contribution in [-0.4, -0.2) is 30.4 Å². The summed E-state index contributed by atoms with van der Waals surface area (Å²) in [6, 6.07) is 12.1. The minimum absolute atomic E-state index is 0.115. The number of nitrogens with one attached hydrogen (secondary N) is 1. The van der Waals surface area contributed by atoms with E-state index in [1.54, 1.807) is 44.4 Å². The zero-order chi connectivity index (χ0) is 23.2. The quantitative estimate of drug-likeness (QED) is 0.543. The highest BCUT2D eigenvalue weighted by atomic mass is 35.5. The maximum Gasteiger partial charge on any atom is 0.417 e. The second-order valence-corrected chi connectivity index (χ2v) is 8.06. The van der Waals surface area contributed by atoms with E-state index in [-0.39, 0.29) is 18.0 Å². The van der Waals surface area contributed by atoms with Crippen LogP contribution in [0.2, 0.25) is 5.02 Å². The molecular weight excluding hydrogens is 427 g/mol. The van der Waals surface area contributed by atoms with Gasteiger partial charge in [-0.25, -0.2) is 0 Å². The summed E-state index contributed by atoms with van der Waals surface area (Å²) in [5.74, 6) is -0.265. The summed E-state index contributed by atoms with van der Waals surface area (Å²) in [4.78, 5) is 14.8. The van der Waals surface area contributed by atoms with Gasteiger partial charge in [0.1, 0.15) is 5.54 Å². The second kappa shape index (κ2) is 10.1. The summed E-state index contributed by atoms with van der Waals surface area (Å²) < 4.78 is 40.4. The highest BCUT2D eigenvalue weighted by molar-refractivity contribution is 6.31. The number of hydrogen-bond acceptors (Lipinski definition) is 3. The molecule has 0 heterocycles. The first-order chi connectivity index (χ1) is 14.5. The fourth-order valence-corrected chi connectivity index (χ4v) is 3.74. The summed E-state index contributed by atoms with van der Waals surface area (Å²) >= 11 is 6.34. The van der Waals surface area contributed by atoms with Crippen LogP contribution in [0.5, 0.6) is 0 Å². The molecule has 0 bridgehead atoms. The minimum atomic E-state index is -4.69. The maximum atomic E-state index is 13.5. The van der Waals surface area contributed by atoms with Crippen molar-refractivity contribution in [1.29, 1.82) is 5.26 Å².